The summed E-state index contributed by atoms with van der Waals surface area (Å²) in [6.07, 6.45) is 6.57. The van der Waals surface area contributed by atoms with Crippen molar-refractivity contribution in [2.24, 2.45) is 5.92 Å². The summed E-state index contributed by atoms with van der Waals surface area (Å²) in [6.45, 7) is 2.20. The molecule has 28 heavy (non-hydrogen) atoms. The normalized spacial score (nSPS) is 25.9. The smallest absolute Gasteiger partial charge is 0.412 e. The van der Waals surface area contributed by atoms with Crippen LogP contribution in [0.5, 0.6) is 0 Å². The van der Waals surface area contributed by atoms with E-state index in [1.165, 1.54) is 32.8 Å². The summed E-state index contributed by atoms with van der Waals surface area (Å²) in [4.78, 5) is 27.1. The number of methoxy groups -OCH3 is 1. The molecule has 1 fully saturated rings. The van der Waals surface area contributed by atoms with E-state index >= 15 is 0 Å². The van der Waals surface area contributed by atoms with Crippen LogP contribution in [0.15, 0.2) is 22.7 Å². The van der Waals surface area contributed by atoms with Gasteiger partial charge >= 0.3 is 12.1 Å². The number of ether oxygens (including phenoxy) is 2. The number of benzene rings is 1. The van der Waals surface area contributed by atoms with Gasteiger partial charge in [-0.25, -0.2) is 4.79 Å². The fraction of sp³-hybridized carbons (Fsp3) is 0.619. The highest BCUT2D eigenvalue weighted by atomic mass is 127. The molecule has 0 spiro atoms. The molecule has 0 saturated carbocycles. The number of carbonyl (C=O) groups excluding carboxylic acids is 2. The summed E-state index contributed by atoms with van der Waals surface area (Å²) in [5, 5.41) is 0. The van der Waals surface area contributed by atoms with Crippen molar-refractivity contribution in [1.82, 2.24) is 4.90 Å². The first kappa shape index (κ1) is 21.9. The molecule has 0 N–H and O–H groups in total. The van der Waals surface area contributed by atoms with Crippen LogP contribution >= 0.6 is 38.5 Å². The van der Waals surface area contributed by atoms with Crippen LogP contribution in [0.3, 0.4) is 0 Å². The van der Waals surface area contributed by atoms with Crippen LogP contribution in [-0.4, -0.2) is 30.3 Å². The second-order valence-corrected chi connectivity index (χ2v) is 9.65. The van der Waals surface area contributed by atoms with E-state index in [1.54, 1.807) is 4.90 Å². The van der Waals surface area contributed by atoms with Gasteiger partial charge in [0.05, 0.1) is 23.0 Å². The molecule has 1 saturated heterocycles. The second-order valence-electron chi connectivity index (χ2n) is 7.46. The SMILES string of the molecule is CCCCCCCC[C@H]1C(=O)O[C@@H]2[C@@H](I)c3c(Br)cccc3[C@H]1N2C(=O)OC. The Kier molecular flexibility index (Phi) is 7.64. The molecule has 0 unspecified atom stereocenters. The molecule has 4 atom stereocenters. The Labute approximate surface area is 188 Å². The van der Waals surface area contributed by atoms with Gasteiger partial charge in [-0.15, -0.1) is 0 Å². The number of hydrogen-bond donors (Lipinski definition) is 0. The maximum Gasteiger partial charge on any atom is 0.412 e. The largest absolute Gasteiger partial charge is 0.453 e. The van der Waals surface area contributed by atoms with Gasteiger partial charge in [-0.1, -0.05) is 96.1 Å². The Balaban J connectivity index is 1.88. The number of fused-ring (bicyclic) bond motifs is 4. The highest BCUT2D eigenvalue weighted by Crippen LogP contribution is 2.53. The van der Waals surface area contributed by atoms with E-state index in [0.29, 0.717) is 6.42 Å². The molecule has 1 amide bonds. The lowest BCUT2D eigenvalue weighted by molar-refractivity contribution is -0.185. The number of halogens is 2. The molecule has 1 aromatic carbocycles. The summed E-state index contributed by atoms with van der Waals surface area (Å²) >= 11 is 5.90. The summed E-state index contributed by atoms with van der Waals surface area (Å²) in [7, 11) is 1.38. The maximum atomic E-state index is 12.9. The van der Waals surface area contributed by atoms with Crippen molar-refractivity contribution >= 4 is 50.6 Å². The molecule has 0 aromatic heterocycles. The molecule has 7 heteroatoms. The minimum atomic E-state index is -0.641. The van der Waals surface area contributed by atoms with Gasteiger partial charge in [-0.05, 0) is 23.6 Å². The van der Waals surface area contributed by atoms with Crippen molar-refractivity contribution in [1.29, 1.82) is 0 Å². The Morgan fingerprint density at radius 2 is 1.96 bits per heavy atom. The minimum absolute atomic E-state index is 0.155. The molecule has 5 nitrogen and oxygen atoms in total. The highest BCUT2D eigenvalue weighted by Gasteiger charge is 2.54. The number of amides is 1. The zero-order chi connectivity index (χ0) is 20.3. The number of unbranched alkanes of at least 4 members (excludes halogenated alkanes) is 5. The quantitative estimate of drug-likeness (QED) is 0.169. The van der Waals surface area contributed by atoms with Crippen molar-refractivity contribution in [2.75, 3.05) is 7.11 Å². The van der Waals surface area contributed by atoms with E-state index < -0.39 is 12.3 Å². The van der Waals surface area contributed by atoms with Crippen LogP contribution < -0.4 is 0 Å². The molecule has 2 aliphatic rings. The van der Waals surface area contributed by atoms with Gasteiger partial charge in [0.15, 0.2) is 6.23 Å². The van der Waals surface area contributed by atoms with Crippen molar-refractivity contribution in [3.63, 3.8) is 0 Å². The van der Waals surface area contributed by atoms with E-state index in [2.05, 4.69) is 45.4 Å². The summed E-state index contributed by atoms with van der Waals surface area (Å²) in [5.74, 6) is -0.561. The van der Waals surface area contributed by atoms with Crippen molar-refractivity contribution in [3.05, 3.63) is 33.8 Å². The van der Waals surface area contributed by atoms with Crippen LogP contribution in [0.2, 0.25) is 0 Å². The standard InChI is InChI=1S/C21H27BrINO4/c1-3-4-5-6-7-8-10-14-18-13-11-9-12-15(22)16(13)17(23)19(28-20(14)25)24(18)21(26)27-2/h9,11-12,14,17-19H,3-8,10H2,1-2H3/t14-,17+,18-,19-/m1/s1. The molecule has 2 bridgehead atoms. The third-order valence-electron chi connectivity index (χ3n) is 5.68. The van der Waals surface area contributed by atoms with Gasteiger partial charge in [-0.3, -0.25) is 9.69 Å². The van der Waals surface area contributed by atoms with Crippen LogP contribution in [0.25, 0.3) is 0 Å². The number of esters is 1. The summed E-state index contributed by atoms with van der Waals surface area (Å²) < 4.78 is 11.7. The third-order valence-corrected chi connectivity index (χ3v) is 7.61. The van der Waals surface area contributed by atoms with Gasteiger partial charge < -0.3 is 9.47 Å². The molecular formula is C21H27BrINO4. The second kappa shape index (κ2) is 9.78. The van der Waals surface area contributed by atoms with Crippen LogP contribution in [0.1, 0.15) is 73.0 Å². The fourth-order valence-electron chi connectivity index (χ4n) is 4.30. The molecule has 2 aliphatic heterocycles. The van der Waals surface area contributed by atoms with Gasteiger partial charge in [-0.2, -0.15) is 0 Å². The fourth-order valence-corrected chi connectivity index (χ4v) is 6.54. The number of nitrogens with zero attached hydrogens (tertiary/aromatic N) is 1. The number of rotatable bonds is 7. The van der Waals surface area contributed by atoms with Gasteiger partial charge in [0.2, 0.25) is 0 Å². The van der Waals surface area contributed by atoms with E-state index in [1.807, 2.05) is 18.2 Å². The van der Waals surface area contributed by atoms with Crippen molar-refractivity contribution in [2.45, 2.75) is 68.1 Å². The predicted molar refractivity (Wildman–Crippen MR) is 119 cm³/mol. The molecular weight excluding hydrogens is 537 g/mol. The maximum absolute atomic E-state index is 12.9. The lowest BCUT2D eigenvalue weighted by Gasteiger charge is -2.50. The first-order chi connectivity index (χ1) is 13.5. The summed E-state index contributed by atoms with van der Waals surface area (Å²) in [6, 6.07) is 5.64. The molecule has 0 radical (unpaired) electrons. The highest BCUT2D eigenvalue weighted by molar-refractivity contribution is 14.1. The Bertz CT molecular complexity index is 728. The minimum Gasteiger partial charge on any atom is -0.453 e. The van der Waals surface area contributed by atoms with Gasteiger partial charge in [0.25, 0.3) is 0 Å². The lowest BCUT2D eigenvalue weighted by Crippen LogP contribution is -2.58. The summed E-state index contributed by atoms with van der Waals surface area (Å²) in [5.41, 5.74) is 2.13. The zero-order valence-electron chi connectivity index (χ0n) is 16.3. The third kappa shape index (κ3) is 4.20. The van der Waals surface area contributed by atoms with Crippen LogP contribution in [0.4, 0.5) is 4.79 Å². The average Bonchev–Trinajstić information content (AvgIpc) is 2.69. The van der Waals surface area contributed by atoms with Gasteiger partial charge in [0.1, 0.15) is 0 Å². The van der Waals surface area contributed by atoms with E-state index in [4.69, 9.17) is 9.47 Å². The van der Waals surface area contributed by atoms with Crippen molar-refractivity contribution < 1.29 is 19.1 Å². The number of hydrogen-bond acceptors (Lipinski definition) is 4. The molecule has 3 rings (SSSR count). The van der Waals surface area contributed by atoms with E-state index in [-0.39, 0.29) is 21.9 Å². The lowest BCUT2D eigenvalue weighted by atomic mass is 9.80. The first-order valence-electron chi connectivity index (χ1n) is 10.00. The zero-order valence-corrected chi connectivity index (χ0v) is 20.1. The van der Waals surface area contributed by atoms with E-state index in [9.17, 15) is 9.59 Å². The molecule has 154 valence electrons. The predicted octanol–water partition coefficient (Wildman–Crippen LogP) is 6.30. The topological polar surface area (TPSA) is 55.8 Å². The number of alkyl halides is 1. The monoisotopic (exact) mass is 563 g/mol. The molecule has 2 heterocycles. The van der Waals surface area contributed by atoms with E-state index in [0.717, 1.165) is 28.4 Å². The number of carbonyl (C=O) groups is 2. The Morgan fingerprint density at radius 1 is 1.25 bits per heavy atom. The van der Waals surface area contributed by atoms with Gasteiger partial charge in [0, 0.05) is 4.47 Å². The average molecular weight is 564 g/mol. The van der Waals surface area contributed by atoms with Crippen LogP contribution in [0, 0.1) is 5.92 Å². The first-order valence-corrected chi connectivity index (χ1v) is 12.0. The van der Waals surface area contributed by atoms with Crippen molar-refractivity contribution in [3.8, 4) is 0 Å². The Morgan fingerprint density at radius 3 is 2.68 bits per heavy atom. The molecule has 0 aliphatic carbocycles. The molecule has 1 aromatic rings. The van der Waals surface area contributed by atoms with Crippen LogP contribution in [-0.2, 0) is 14.3 Å². The Hall–Kier alpha value is -0.830.